The Balaban J connectivity index is 1.58. The van der Waals surface area contributed by atoms with E-state index in [1.54, 1.807) is 0 Å². The van der Waals surface area contributed by atoms with Gasteiger partial charge in [0.05, 0.1) is 6.54 Å². The molecule has 6 nitrogen and oxygen atoms in total. The van der Waals surface area contributed by atoms with Gasteiger partial charge in [0.2, 0.25) is 15.9 Å². The number of hydrogen-bond acceptors (Lipinski definition) is 4. The molecule has 0 radical (unpaired) electrons. The van der Waals surface area contributed by atoms with Crippen LogP contribution in [0.25, 0.3) is 0 Å². The Hall–Kier alpha value is -2.29. The second kappa shape index (κ2) is 8.38. The summed E-state index contributed by atoms with van der Waals surface area (Å²) in [6.07, 6.45) is 0. The fourth-order valence-corrected chi connectivity index (χ4v) is 4.80. The van der Waals surface area contributed by atoms with E-state index in [0.29, 0.717) is 13.1 Å². The molecule has 1 aliphatic rings. The Bertz CT molecular complexity index is 950. The van der Waals surface area contributed by atoms with Crippen LogP contribution in [0.4, 0.5) is 10.1 Å². The van der Waals surface area contributed by atoms with Gasteiger partial charge in [0, 0.05) is 31.9 Å². The number of piperazine rings is 1. The molecule has 0 saturated carbocycles. The molecule has 2 aromatic carbocycles. The number of carbonyl (C=O) groups is 1. The minimum Gasteiger partial charge on any atom is -0.324 e. The van der Waals surface area contributed by atoms with Crippen molar-refractivity contribution in [1.29, 1.82) is 0 Å². The summed E-state index contributed by atoms with van der Waals surface area (Å²) < 4.78 is 40.4. The van der Waals surface area contributed by atoms with Crippen molar-refractivity contribution in [1.82, 2.24) is 9.21 Å². The molecule has 1 saturated heterocycles. The van der Waals surface area contributed by atoms with E-state index in [-0.39, 0.29) is 30.4 Å². The first kappa shape index (κ1) is 20.4. The smallest absolute Gasteiger partial charge is 0.246 e. The van der Waals surface area contributed by atoms with Crippen LogP contribution in [0.3, 0.4) is 0 Å². The van der Waals surface area contributed by atoms with Crippen LogP contribution < -0.4 is 5.32 Å². The zero-order valence-electron chi connectivity index (χ0n) is 16.0. The van der Waals surface area contributed by atoms with Crippen molar-refractivity contribution in [2.45, 2.75) is 18.7 Å². The molecule has 0 bridgehead atoms. The lowest BCUT2D eigenvalue weighted by Crippen LogP contribution is -2.50. The number of sulfonamides is 1. The van der Waals surface area contributed by atoms with Crippen LogP contribution >= 0.6 is 0 Å². The molecular weight excluding hydrogens is 381 g/mol. The van der Waals surface area contributed by atoms with E-state index in [9.17, 15) is 17.6 Å². The lowest BCUT2D eigenvalue weighted by atomic mass is 10.1. The lowest BCUT2D eigenvalue weighted by Gasteiger charge is -2.33. The van der Waals surface area contributed by atoms with Gasteiger partial charge in [-0.2, -0.15) is 4.31 Å². The van der Waals surface area contributed by atoms with E-state index in [0.717, 1.165) is 22.9 Å². The first-order chi connectivity index (χ1) is 13.3. The van der Waals surface area contributed by atoms with Crippen LogP contribution in [0.1, 0.15) is 11.1 Å². The average molecular weight is 405 g/mol. The summed E-state index contributed by atoms with van der Waals surface area (Å²) in [4.78, 5) is 14.0. The Morgan fingerprint density at radius 3 is 2.21 bits per heavy atom. The van der Waals surface area contributed by atoms with Crippen molar-refractivity contribution in [3.63, 3.8) is 0 Å². The van der Waals surface area contributed by atoms with Gasteiger partial charge in [-0.05, 0) is 37.1 Å². The minimum atomic E-state index is -3.87. The summed E-state index contributed by atoms with van der Waals surface area (Å²) >= 11 is 0. The number of anilines is 1. The Kier molecular flexibility index (Phi) is 6.12. The molecule has 0 atom stereocenters. The van der Waals surface area contributed by atoms with Crippen molar-refractivity contribution in [2.75, 3.05) is 38.0 Å². The summed E-state index contributed by atoms with van der Waals surface area (Å²) in [5, 5.41) is 2.94. The maximum Gasteiger partial charge on any atom is 0.246 e. The Morgan fingerprint density at radius 2 is 1.61 bits per heavy atom. The molecule has 0 unspecified atom stereocenters. The van der Waals surface area contributed by atoms with Crippen LogP contribution in [0.2, 0.25) is 0 Å². The molecule has 150 valence electrons. The van der Waals surface area contributed by atoms with E-state index in [1.807, 2.05) is 36.9 Å². The molecule has 0 spiro atoms. The largest absolute Gasteiger partial charge is 0.324 e. The number of aryl methyl sites for hydroxylation is 2. The van der Waals surface area contributed by atoms with Crippen LogP contribution in [0, 0.1) is 19.7 Å². The number of amides is 1. The highest BCUT2D eigenvalue weighted by molar-refractivity contribution is 7.89. The third-order valence-corrected chi connectivity index (χ3v) is 6.83. The van der Waals surface area contributed by atoms with Gasteiger partial charge in [-0.3, -0.25) is 9.69 Å². The van der Waals surface area contributed by atoms with E-state index < -0.39 is 15.8 Å². The number of para-hydroxylation sites is 1. The van der Waals surface area contributed by atoms with E-state index in [4.69, 9.17) is 0 Å². The maximum atomic E-state index is 13.9. The quantitative estimate of drug-likeness (QED) is 0.829. The van der Waals surface area contributed by atoms with Gasteiger partial charge in [-0.25, -0.2) is 12.8 Å². The minimum absolute atomic E-state index is 0.136. The second-order valence-electron chi connectivity index (χ2n) is 6.93. The molecule has 1 amide bonds. The van der Waals surface area contributed by atoms with Crippen molar-refractivity contribution in [2.24, 2.45) is 0 Å². The van der Waals surface area contributed by atoms with E-state index in [1.165, 1.54) is 22.5 Å². The molecule has 2 aromatic rings. The number of benzene rings is 2. The topological polar surface area (TPSA) is 69.7 Å². The molecule has 1 fully saturated rings. The van der Waals surface area contributed by atoms with Crippen LogP contribution in [0.5, 0.6) is 0 Å². The van der Waals surface area contributed by atoms with Crippen LogP contribution in [-0.4, -0.2) is 56.3 Å². The molecule has 28 heavy (non-hydrogen) atoms. The number of hydrogen-bond donors (Lipinski definition) is 1. The number of nitrogens with zero attached hydrogens (tertiary/aromatic N) is 2. The maximum absolute atomic E-state index is 13.9. The average Bonchev–Trinajstić information content (AvgIpc) is 2.65. The molecule has 3 rings (SSSR count). The van der Waals surface area contributed by atoms with Gasteiger partial charge in [-0.1, -0.05) is 30.3 Å². The fourth-order valence-electron chi connectivity index (χ4n) is 3.31. The summed E-state index contributed by atoms with van der Waals surface area (Å²) in [5.74, 6) is -0.888. The lowest BCUT2D eigenvalue weighted by molar-refractivity contribution is -0.117. The van der Waals surface area contributed by atoms with Gasteiger partial charge in [0.1, 0.15) is 10.7 Å². The van der Waals surface area contributed by atoms with Crippen LogP contribution in [0.15, 0.2) is 47.4 Å². The highest BCUT2D eigenvalue weighted by Crippen LogP contribution is 2.21. The molecular formula is C20H24FN3O3S. The van der Waals surface area contributed by atoms with Gasteiger partial charge in [0.15, 0.2) is 0 Å². The van der Waals surface area contributed by atoms with Gasteiger partial charge in [0.25, 0.3) is 0 Å². The number of carbonyl (C=O) groups excluding carboxylic acids is 1. The second-order valence-corrected chi connectivity index (χ2v) is 8.83. The van der Waals surface area contributed by atoms with E-state index in [2.05, 4.69) is 5.32 Å². The molecule has 1 heterocycles. The zero-order chi connectivity index (χ0) is 20.3. The SMILES string of the molecule is Cc1cccc(C)c1NC(=O)CN1CCN(S(=O)(=O)c2ccccc2F)CC1. The first-order valence-corrected chi connectivity index (χ1v) is 10.6. The summed E-state index contributed by atoms with van der Waals surface area (Å²) in [6, 6.07) is 11.2. The molecule has 1 aliphatic heterocycles. The highest BCUT2D eigenvalue weighted by atomic mass is 32.2. The van der Waals surface area contributed by atoms with Crippen molar-refractivity contribution in [3.05, 3.63) is 59.4 Å². The zero-order valence-corrected chi connectivity index (χ0v) is 16.8. The summed E-state index contributed by atoms with van der Waals surface area (Å²) in [5.41, 5.74) is 2.80. The summed E-state index contributed by atoms with van der Waals surface area (Å²) in [6.45, 7) is 5.31. The molecule has 1 N–H and O–H groups in total. The Labute approximate surface area is 165 Å². The fraction of sp³-hybridized carbons (Fsp3) is 0.350. The highest BCUT2D eigenvalue weighted by Gasteiger charge is 2.30. The number of halogens is 1. The monoisotopic (exact) mass is 405 g/mol. The van der Waals surface area contributed by atoms with Gasteiger partial charge >= 0.3 is 0 Å². The third kappa shape index (κ3) is 4.40. The third-order valence-electron chi connectivity index (χ3n) is 4.90. The first-order valence-electron chi connectivity index (χ1n) is 9.12. The summed E-state index contributed by atoms with van der Waals surface area (Å²) in [7, 11) is -3.87. The Morgan fingerprint density at radius 1 is 1.00 bits per heavy atom. The predicted octanol–water partition coefficient (Wildman–Crippen LogP) is 2.39. The van der Waals surface area contributed by atoms with Gasteiger partial charge in [-0.15, -0.1) is 0 Å². The molecule has 0 aromatic heterocycles. The number of nitrogens with one attached hydrogen (secondary N) is 1. The van der Waals surface area contributed by atoms with Crippen molar-refractivity contribution < 1.29 is 17.6 Å². The normalized spacial score (nSPS) is 16.1. The van der Waals surface area contributed by atoms with Crippen molar-refractivity contribution in [3.8, 4) is 0 Å². The number of rotatable bonds is 5. The van der Waals surface area contributed by atoms with Crippen molar-refractivity contribution >= 4 is 21.6 Å². The molecule has 8 heteroatoms. The van der Waals surface area contributed by atoms with Crippen LogP contribution in [-0.2, 0) is 14.8 Å². The van der Waals surface area contributed by atoms with Gasteiger partial charge < -0.3 is 5.32 Å². The van der Waals surface area contributed by atoms with E-state index >= 15 is 0 Å². The predicted molar refractivity (Wildman–Crippen MR) is 106 cm³/mol. The standard InChI is InChI=1S/C20H24FN3O3S/c1-15-6-5-7-16(2)20(15)22-19(25)14-23-10-12-24(13-11-23)28(26,27)18-9-4-3-8-17(18)21/h3-9H,10-14H2,1-2H3,(H,22,25). The molecule has 0 aliphatic carbocycles.